The lowest BCUT2D eigenvalue weighted by molar-refractivity contribution is 0.466. The van der Waals surface area contributed by atoms with Crippen LogP contribution in [-0.2, 0) is 5.75 Å². The second-order valence-electron chi connectivity index (χ2n) is 5.87. The molecule has 0 aliphatic rings. The van der Waals surface area contributed by atoms with Crippen molar-refractivity contribution in [3.8, 4) is 21.9 Å². The molecule has 0 radical (unpaired) electrons. The van der Waals surface area contributed by atoms with E-state index in [9.17, 15) is 0 Å². The van der Waals surface area contributed by atoms with Crippen LogP contribution in [0.5, 0.6) is 0 Å². The third-order valence-corrected chi connectivity index (χ3v) is 5.88. The van der Waals surface area contributed by atoms with Gasteiger partial charge >= 0.3 is 0 Å². The Balaban J connectivity index is 1.42. The number of thiazole rings is 1. The molecule has 0 saturated carbocycles. The van der Waals surface area contributed by atoms with Crippen LogP contribution in [0.1, 0.15) is 16.3 Å². The monoisotopic (exact) mass is 379 g/mol. The number of aromatic nitrogens is 3. The van der Waals surface area contributed by atoms with E-state index in [0.29, 0.717) is 11.1 Å². The van der Waals surface area contributed by atoms with Crippen LogP contribution in [0.2, 0.25) is 0 Å². The van der Waals surface area contributed by atoms with Crippen molar-refractivity contribution in [2.45, 2.75) is 24.8 Å². The maximum atomic E-state index is 5.79. The predicted octanol–water partition coefficient (Wildman–Crippen LogP) is 5.77. The Hall–Kier alpha value is -2.44. The van der Waals surface area contributed by atoms with E-state index in [1.54, 1.807) is 23.1 Å². The van der Waals surface area contributed by atoms with E-state index in [4.69, 9.17) is 4.42 Å². The molecule has 0 atom stereocenters. The van der Waals surface area contributed by atoms with Crippen LogP contribution in [0.15, 0.2) is 64.2 Å². The van der Waals surface area contributed by atoms with E-state index < -0.39 is 0 Å². The van der Waals surface area contributed by atoms with Crippen molar-refractivity contribution >= 4 is 23.1 Å². The lowest BCUT2D eigenvalue weighted by Gasteiger charge is -2.03. The van der Waals surface area contributed by atoms with Crippen LogP contribution in [0.4, 0.5) is 0 Å². The second-order valence-corrected chi connectivity index (χ2v) is 8.00. The van der Waals surface area contributed by atoms with Crippen molar-refractivity contribution in [1.29, 1.82) is 0 Å². The third kappa shape index (κ3) is 3.71. The van der Waals surface area contributed by atoms with Crippen molar-refractivity contribution in [3.05, 3.63) is 70.9 Å². The number of nitrogens with zero attached hydrogens (tertiary/aromatic N) is 3. The molecule has 4 nitrogen and oxygen atoms in total. The van der Waals surface area contributed by atoms with E-state index in [0.717, 1.165) is 21.3 Å². The van der Waals surface area contributed by atoms with Gasteiger partial charge in [-0.25, -0.2) is 4.98 Å². The van der Waals surface area contributed by atoms with E-state index in [-0.39, 0.29) is 0 Å². The highest BCUT2D eigenvalue weighted by molar-refractivity contribution is 7.98. The average Bonchev–Trinajstić information content (AvgIpc) is 3.27. The summed E-state index contributed by atoms with van der Waals surface area (Å²) in [5, 5.41) is 9.89. The number of rotatable bonds is 5. The van der Waals surface area contributed by atoms with Gasteiger partial charge in [0.1, 0.15) is 4.88 Å². The first-order valence-electron chi connectivity index (χ1n) is 8.24. The Morgan fingerprint density at radius 3 is 2.35 bits per heavy atom. The SMILES string of the molecule is Cc1nc(C)c(-c2nnc(SCc3ccc(-c4ccccc4)cc3)o2)s1. The van der Waals surface area contributed by atoms with Gasteiger partial charge in [-0.3, -0.25) is 0 Å². The highest BCUT2D eigenvalue weighted by atomic mass is 32.2. The molecule has 2 aromatic heterocycles. The second kappa shape index (κ2) is 7.43. The molecule has 26 heavy (non-hydrogen) atoms. The molecule has 0 aliphatic heterocycles. The minimum absolute atomic E-state index is 0.551. The average molecular weight is 380 g/mol. The highest BCUT2D eigenvalue weighted by Gasteiger charge is 2.15. The van der Waals surface area contributed by atoms with Crippen molar-refractivity contribution in [2.75, 3.05) is 0 Å². The molecule has 0 fully saturated rings. The van der Waals surface area contributed by atoms with Gasteiger partial charge in [-0.2, -0.15) is 0 Å². The molecule has 0 spiro atoms. The zero-order chi connectivity index (χ0) is 17.9. The predicted molar refractivity (Wildman–Crippen MR) is 106 cm³/mol. The number of hydrogen-bond acceptors (Lipinski definition) is 6. The first-order valence-corrected chi connectivity index (χ1v) is 10.0. The molecule has 6 heteroatoms. The Bertz CT molecular complexity index is 1010. The fourth-order valence-corrected chi connectivity index (χ4v) is 4.22. The fourth-order valence-electron chi connectivity index (χ4n) is 2.66. The van der Waals surface area contributed by atoms with E-state index in [1.165, 1.54) is 16.7 Å². The molecule has 0 aliphatic carbocycles. The smallest absolute Gasteiger partial charge is 0.277 e. The van der Waals surface area contributed by atoms with Gasteiger partial charge < -0.3 is 4.42 Å². The van der Waals surface area contributed by atoms with Gasteiger partial charge in [0.05, 0.1) is 10.7 Å². The van der Waals surface area contributed by atoms with Crippen molar-refractivity contribution < 1.29 is 4.42 Å². The number of aryl methyl sites for hydroxylation is 2. The normalized spacial score (nSPS) is 11.0. The number of thioether (sulfide) groups is 1. The molecule has 0 bridgehead atoms. The van der Waals surface area contributed by atoms with Crippen molar-refractivity contribution in [1.82, 2.24) is 15.2 Å². The van der Waals surface area contributed by atoms with Crippen LogP contribution < -0.4 is 0 Å². The van der Waals surface area contributed by atoms with Crippen LogP contribution in [-0.4, -0.2) is 15.2 Å². The Morgan fingerprint density at radius 2 is 1.65 bits per heavy atom. The standard InChI is InChI=1S/C20H17N3OS2/c1-13-18(26-14(2)21-13)19-22-23-20(24-19)25-12-15-8-10-17(11-9-15)16-6-4-3-5-7-16/h3-11H,12H2,1-2H3. The topological polar surface area (TPSA) is 51.8 Å². The van der Waals surface area contributed by atoms with Crippen LogP contribution in [0, 0.1) is 13.8 Å². The molecule has 2 aromatic carbocycles. The van der Waals surface area contributed by atoms with Crippen molar-refractivity contribution in [2.24, 2.45) is 0 Å². The summed E-state index contributed by atoms with van der Waals surface area (Å²) in [6.07, 6.45) is 0. The molecule has 0 N–H and O–H groups in total. The Labute approximate surface area is 160 Å². The third-order valence-electron chi connectivity index (χ3n) is 3.93. The maximum absolute atomic E-state index is 5.79. The van der Waals surface area contributed by atoms with E-state index in [2.05, 4.69) is 63.7 Å². The van der Waals surface area contributed by atoms with Crippen molar-refractivity contribution in [3.63, 3.8) is 0 Å². The molecule has 130 valence electrons. The molecule has 0 saturated heterocycles. The van der Waals surface area contributed by atoms with Gasteiger partial charge in [0, 0.05) is 5.75 Å². The van der Waals surface area contributed by atoms with Gasteiger partial charge in [0.15, 0.2) is 0 Å². The largest absolute Gasteiger partial charge is 0.410 e. The van der Waals surface area contributed by atoms with Crippen LogP contribution >= 0.6 is 23.1 Å². The Kier molecular flexibility index (Phi) is 4.86. The van der Waals surface area contributed by atoms with Gasteiger partial charge in [0.25, 0.3) is 11.1 Å². The lowest BCUT2D eigenvalue weighted by Crippen LogP contribution is -1.82. The van der Waals surface area contributed by atoms with Gasteiger partial charge in [0.2, 0.25) is 0 Å². The first kappa shape index (κ1) is 17.0. The van der Waals surface area contributed by atoms with E-state index in [1.807, 2.05) is 19.9 Å². The number of hydrogen-bond donors (Lipinski definition) is 0. The van der Waals surface area contributed by atoms with E-state index >= 15 is 0 Å². The zero-order valence-electron chi connectivity index (χ0n) is 14.5. The van der Waals surface area contributed by atoms with Gasteiger partial charge in [-0.1, -0.05) is 66.4 Å². The number of benzene rings is 2. The first-order chi connectivity index (χ1) is 12.7. The van der Waals surface area contributed by atoms with Gasteiger partial charge in [-0.15, -0.1) is 21.5 Å². The molecule has 2 heterocycles. The molecule has 4 rings (SSSR count). The van der Waals surface area contributed by atoms with Crippen LogP contribution in [0.25, 0.3) is 21.9 Å². The fraction of sp³-hybridized carbons (Fsp3) is 0.150. The zero-order valence-corrected chi connectivity index (χ0v) is 16.1. The summed E-state index contributed by atoms with van der Waals surface area (Å²) in [5.74, 6) is 1.34. The summed E-state index contributed by atoms with van der Waals surface area (Å²) < 4.78 is 5.79. The summed E-state index contributed by atoms with van der Waals surface area (Å²) in [6.45, 7) is 3.94. The highest BCUT2D eigenvalue weighted by Crippen LogP contribution is 2.31. The van der Waals surface area contributed by atoms with Crippen LogP contribution in [0.3, 0.4) is 0 Å². The summed E-state index contributed by atoms with van der Waals surface area (Å²) in [5.41, 5.74) is 4.60. The Morgan fingerprint density at radius 1 is 0.923 bits per heavy atom. The summed E-state index contributed by atoms with van der Waals surface area (Å²) >= 11 is 3.13. The molecule has 4 aromatic rings. The quantitative estimate of drug-likeness (QED) is 0.412. The minimum atomic E-state index is 0.551. The summed E-state index contributed by atoms with van der Waals surface area (Å²) in [7, 11) is 0. The molecular formula is C20H17N3OS2. The molecular weight excluding hydrogens is 362 g/mol. The lowest BCUT2D eigenvalue weighted by atomic mass is 10.0. The summed E-state index contributed by atoms with van der Waals surface area (Å²) in [4.78, 5) is 5.36. The van der Waals surface area contributed by atoms with Gasteiger partial charge in [-0.05, 0) is 30.5 Å². The molecule has 0 amide bonds. The summed E-state index contributed by atoms with van der Waals surface area (Å²) in [6, 6.07) is 19.0. The maximum Gasteiger partial charge on any atom is 0.277 e. The molecule has 0 unspecified atom stereocenters. The minimum Gasteiger partial charge on any atom is -0.410 e.